The molecule has 1 amide bonds. The molecule has 2 unspecified atom stereocenters. The number of benzene rings is 2. The second-order valence-electron chi connectivity index (χ2n) is 8.23. The summed E-state index contributed by atoms with van der Waals surface area (Å²) in [6.45, 7) is 6.58. The molecule has 0 aliphatic carbocycles. The first-order chi connectivity index (χ1) is 15.3. The molecule has 3 rings (SSSR count). The molecule has 2 aromatic carbocycles. The van der Waals surface area contributed by atoms with Gasteiger partial charge in [-0.3, -0.25) is 9.10 Å². The van der Waals surface area contributed by atoms with Crippen LogP contribution in [0.1, 0.15) is 45.1 Å². The number of unbranched alkanes of at least 4 members (excludes halogenated alkanes) is 1. The zero-order chi connectivity index (χ0) is 23.3. The summed E-state index contributed by atoms with van der Waals surface area (Å²) in [5.74, 6) is 0.389. The minimum atomic E-state index is -3.91. The zero-order valence-corrected chi connectivity index (χ0v) is 20.4. The van der Waals surface area contributed by atoms with Crippen LogP contribution in [0.5, 0.6) is 5.75 Å². The van der Waals surface area contributed by atoms with Crippen LogP contribution in [0.3, 0.4) is 0 Å². The topological polar surface area (TPSA) is 75.7 Å². The lowest BCUT2D eigenvalue weighted by Gasteiger charge is -2.35. The van der Waals surface area contributed by atoms with Gasteiger partial charge in [0.05, 0.1) is 17.1 Å². The van der Waals surface area contributed by atoms with E-state index in [0.29, 0.717) is 28.9 Å². The van der Waals surface area contributed by atoms with Crippen LogP contribution in [0.25, 0.3) is 0 Å². The molecule has 174 valence electrons. The van der Waals surface area contributed by atoms with Crippen molar-refractivity contribution >= 4 is 33.2 Å². The molecule has 0 aromatic heterocycles. The van der Waals surface area contributed by atoms with Crippen molar-refractivity contribution in [2.45, 2.75) is 57.5 Å². The summed E-state index contributed by atoms with van der Waals surface area (Å²) >= 11 is 6.14. The third-order valence-electron chi connectivity index (χ3n) is 5.80. The highest BCUT2D eigenvalue weighted by Crippen LogP contribution is 2.38. The third kappa shape index (κ3) is 5.56. The largest absolute Gasteiger partial charge is 0.476 e. The lowest BCUT2D eigenvalue weighted by atomic mass is 9.99. The number of rotatable bonds is 9. The van der Waals surface area contributed by atoms with Gasteiger partial charge in [0, 0.05) is 11.6 Å². The van der Waals surface area contributed by atoms with Crippen molar-refractivity contribution < 1.29 is 17.9 Å². The van der Waals surface area contributed by atoms with Gasteiger partial charge in [-0.1, -0.05) is 62.4 Å². The van der Waals surface area contributed by atoms with Crippen molar-refractivity contribution in [3.63, 3.8) is 0 Å². The molecule has 0 spiro atoms. The number of nitrogens with one attached hydrogen (secondary N) is 1. The van der Waals surface area contributed by atoms with Crippen LogP contribution in [0.2, 0.25) is 5.02 Å². The highest BCUT2D eigenvalue weighted by molar-refractivity contribution is 7.92. The van der Waals surface area contributed by atoms with E-state index < -0.39 is 16.1 Å². The SMILES string of the molecule is CCCCC(CC)CNC(=O)C1CN(S(=O)(=O)c2ccc(C)cc2)c2cc(Cl)ccc2O1. The summed E-state index contributed by atoms with van der Waals surface area (Å²) < 4.78 is 34.1. The van der Waals surface area contributed by atoms with Crippen molar-refractivity contribution in [3.8, 4) is 5.75 Å². The van der Waals surface area contributed by atoms with Crippen molar-refractivity contribution in [1.29, 1.82) is 0 Å². The fraction of sp³-hybridized carbons (Fsp3) is 0.458. The zero-order valence-electron chi connectivity index (χ0n) is 18.8. The monoisotopic (exact) mass is 478 g/mol. The smallest absolute Gasteiger partial charge is 0.264 e. The molecule has 0 fully saturated rings. The van der Waals surface area contributed by atoms with E-state index in [1.807, 2.05) is 6.92 Å². The van der Waals surface area contributed by atoms with E-state index in [0.717, 1.165) is 31.2 Å². The molecule has 8 heteroatoms. The predicted molar refractivity (Wildman–Crippen MR) is 128 cm³/mol. The molecule has 2 aromatic rings. The average Bonchev–Trinajstić information content (AvgIpc) is 2.78. The van der Waals surface area contributed by atoms with Crippen LogP contribution < -0.4 is 14.4 Å². The van der Waals surface area contributed by atoms with Crippen molar-refractivity contribution in [2.75, 3.05) is 17.4 Å². The molecule has 0 saturated carbocycles. The lowest BCUT2D eigenvalue weighted by Crippen LogP contribution is -2.51. The Morgan fingerprint density at radius 3 is 2.59 bits per heavy atom. The highest BCUT2D eigenvalue weighted by atomic mass is 35.5. The van der Waals surface area contributed by atoms with Gasteiger partial charge in [0.1, 0.15) is 5.75 Å². The normalized spacial score (nSPS) is 16.8. The molecule has 0 saturated heterocycles. The standard InChI is InChI=1S/C24H31ClN2O4S/c1-4-6-7-18(5-2)15-26-24(28)23-16-27(21-14-19(25)10-13-22(21)31-23)32(29,30)20-11-8-17(3)9-12-20/h8-14,18,23H,4-7,15-16H2,1-3H3,(H,26,28). The minimum Gasteiger partial charge on any atom is -0.476 e. The second-order valence-corrected chi connectivity index (χ2v) is 10.5. The number of nitrogens with zero attached hydrogens (tertiary/aromatic N) is 1. The Kier molecular flexibility index (Phi) is 8.06. The molecule has 2 atom stereocenters. The molecule has 1 N–H and O–H groups in total. The molecule has 0 bridgehead atoms. The van der Waals surface area contributed by atoms with Gasteiger partial charge in [0.15, 0.2) is 6.10 Å². The van der Waals surface area contributed by atoms with Gasteiger partial charge in [-0.25, -0.2) is 8.42 Å². The molecule has 6 nitrogen and oxygen atoms in total. The number of amides is 1. The van der Waals surface area contributed by atoms with Crippen molar-refractivity contribution in [1.82, 2.24) is 5.32 Å². The van der Waals surface area contributed by atoms with E-state index in [2.05, 4.69) is 19.2 Å². The minimum absolute atomic E-state index is 0.124. The Bertz CT molecular complexity index is 1040. The fourth-order valence-electron chi connectivity index (χ4n) is 3.73. The van der Waals surface area contributed by atoms with E-state index in [4.69, 9.17) is 16.3 Å². The Balaban J connectivity index is 1.85. The summed E-state index contributed by atoms with van der Waals surface area (Å²) in [4.78, 5) is 13.1. The highest BCUT2D eigenvalue weighted by Gasteiger charge is 2.37. The van der Waals surface area contributed by atoms with Gasteiger partial charge in [-0.2, -0.15) is 0 Å². The maximum absolute atomic E-state index is 13.5. The molecular weight excluding hydrogens is 448 g/mol. The van der Waals surface area contributed by atoms with Crippen LogP contribution >= 0.6 is 11.6 Å². The van der Waals surface area contributed by atoms with Crippen LogP contribution in [-0.2, 0) is 14.8 Å². The first-order valence-corrected chi connectivity index (χ1v) is 12.9. The number of carbonyl (C=O) groups is 1. The number of aryl methyl sites for hydroxylation is 1. The van der Waals surface area contributed by atoms with E-state index in [-0.39, 0.29) is 17.3 Å². The maximum Gasteiger partial charge on any atom is 0.264 e. The maximum atomic E-state index is 13.5. The fourth-order valence-corrected chi connectivity index (χ4v) is 5.36. The summed E-state index contributed by atoms with van der Waals surface area (Å²) in [6, 6.07) is 11.4. The molecule has 0 radical (unpaired) electrons. The van der Waals surface area contributed by atoms with Crippen LogP contribution in [0.15, 0.2) is 47.4 Å². The molecular formula is C24H31ClN2O4S. The number of halogens is 1. The Labute approximate surface area is 196 Å². The number of anilines is 1. The number of hydrogen-bond donors (Lipinski definition) is 1. The molecule has 1 heterocycles. The van der Waals surface area contributed by atoms with E-state index >= 15 is 0 Å². The quantitative estimate of drug-likeness (QED) is 0.554. The Hall–Kier alpha value is -2.25. The van der Waals surface area contributed by atoms with E-state index in [9.17, 15) is 13.2 Å². The lowest BCUT2D eigenvalue weighted by molar-refractivity contribution is -0.127. The number of ether oxygens (including phenoxy) is 1. The van der Waals surface area contributed by atoms with Crippen molar-refractivity contribution in [2.24, 2.45) is 5.92 Å². The molecule has 1 aliphatic heterocycles. The first kappa shape index (κ1) is 24.4. The number of carbonyl (C=O) groups excluding carboxylic acids is 1. The van der Waals surface area contributed by atoms with Gasteiger partial charge in [-0.15, -0.1) is 0 Å². The van der Waals surface area contributed by atoms with Crippen LogP contribution in [0, 0.1) is 12.8 Å². The number of sulfonamides is 1. The summed E-state index contributed by atoms with van der Waals surface area (Å²) in [5, 5.41) is 3.35. The van der Waals surface area contributed by atoms with Gasteiger partial charge in [0.25, 0.3) is 15.9 Å². The third-order valence-corrected chi connectivity index (χ3v) is 7.83. The summed E-state index contributed by atoms with van der Waals surface area (Å²) in [6.07, 6.45) is 3.30. The average molecular weight is 479 g/mol. The van der Waals surface area contributed by atoms with Crippen molar-refractivity contribution in [3.05, 3.63) is 53.1 Å². The molecule has 1 aliphatic rings. The predicted octanol–water partition coefficient (Wildman–Crippen LogP) is 4.94. The van der Waals surface area contributed by atoms with Gasteiger partial charge >= 0.3 is 0 Å². The van der Waals surface area contributed by atoms with Gasteiger partial charge < -0.3 is 10.1 Å². The van der Waals surface area contributed by atoms with Crippen LogP contribution in [0.4, 0.5) is 5.69 Å². The summed E-state index contributed by atoms with van der Waals surface area (Å²) in [5.41, 5.74) is 1.29. The van der Waals surface area contributed by atoms with Gasteiger partial charge in [-0.05, 0) is 49.6 Å². The first-order valence-electron chi connectivity index (χ1n) is 11.1. The summed E-state index contributed by atoms with van der Waals surface area (Å²) in [7, 11) is -3.91. The Morgan fingerprint density at radius 1 is 1.22 bits per heavy atom. The Morgan fingerprint density at radius 2 is 1.94 bits per heavy atom. The van der Waals surface area contributed by atoms with E-state index in [1.54, 1.807) is 42.5 Å². The second kappa shape index (κ2) is 10.6. The number of fused-ring (bicyclic) bond motifs is 1. The van der Waals surface area contributed by atoms with E-state index in [1.165, 1.54) is 4.31 Å². The number of hydrogen-bond acceptors (Lipinski definition) is 4. The van der Waals surface area contributed by atoms with Gasteiger partial charge in [0.2, 0.25) is 0 Å². The van der Waals surface area contributed by atoms with Crippen LogP contribution in [-0.4, -0.2) is 33.5 Å². The molecule has 32 heavy (non-hydrogen) atoms.